The maximum atomic E-state index is 6.37. The van der Waals surface area contributed by atoms with E-state index in [0.29, 0.717) is 17.6 Å². The monoisotopic (exact) mass is 434 g/mol. The number of halogens is 2. The molecule has 2 aromatic heterocycles. The smallest absolute Gasteiger partial charge is 0.259 e. The summed E-state index contributed by atoms with van der Waals surface area (Å²) in [5, 5.41) is 5.24. The molecule has 0 aliphatic heterocycles. The van der Waals surface area contributed by atoms with E-state index in [1.54, 1.807) is 0 Å². The van der Waals surface area contributed by atoms with Gasteiger partial charge in [-0.05, 0) is 62.8 Å². The predicted molar refractivity (Wildman–Crippen MR) is 106 cm³/mol. The Bertz CT molecular complexity index is 995. The second-order valence-electron chi connectivity index (χ2n) is 7.37. The summed E-state index contributed by atoms with van der Waals surface area (Å²) in [6, 6.07) is 6.14. The minimum atomic E-state index is -0.418. The van der Waals surface area contributed by atoms with Crippen molar-refractivity contribution in [1.29, 1.82) is 0 Å². The summed E-state index contributed by atoms with van der Waals surface area (Å²) < 4.78 is 6.68. The number of benzene rings is 1. The molecule has 0 bridgehead atoms. The average Bonchev–Trinajstić information content (AvgIpc) is 3.29. The van der Waals surface area contributed by atoms with Crippen LogP contribution in [0.15, 0.2) is 27.2 Å². The number of hydrogen-bond acceptors (Lipinski definition) is 5. The Labute approximate surface area is 166 Å². The minimum absolute atomic E-state index is 0. The fourth-order valence-corrected chi connectivity index (χ4v) is 4.05. The summed E-state index contributed by atoms with van der Waals surface area (Å²) in [4.78, 5) is 9.60. The first-order valence-electron chi connectivity index (χ1n) is 8.78. The molecule has 0 saturated heterocycles. The van der Waals surface area contributed by atoms with Crippen LogP contribution < -0.4 is 5.73 Å². The molecule has 136 valence electrons. The van der Waals surface area contributed by atoms with Gasteiger partial charge in [0.25, 0.3) is 5.89 Å². The van der Waals surface area contributed by atoms with Gasteiger partial charge >= 0.3 is 0 Å². The molecule has 0 atom stereocenters. The maximum absolute atomic E-state index is 6.37. The third-order valence-electron chi connectivity index (χ3n) is 5.52. The van der Waals surface area contributed by atoms with Crippen molar-refractivity contribution in [3.8, 4) is 11.5 Å². The van der Waals surface area contributed by atoms with Crippen LogP contribution in [0.3, 0.4) is 0 Å². The molecule has 0 unspecified atom stereocenters. The third-order valence-corrected chi connectivity index (χ3v) is 6.02. The third kappa shape index (κ3) is 2.75. The molecule has 7 heteroatoms. The van der Waals surface area contributed by atoms with Crippen molar-refractivity contribution >= 4 is 39.2 Å². The molecule has 2 aliphatic carbocycles. The number of aromatic nitrogens is 3. The molecule has 2 aliphatic rings. The van der Waals surface area contributed by atoms with E-state index < -0.39 is 5.54 Å². The quantitative estimate of drug-likeness (QED) is 0.627. The fourth-order valence-electron chi connectivity index (χ4n) is 3.69. The Morgan fingerprint density at radius 3 is 2.65 bits per heavy atom. The zero-order chi connectivity index (χ0) is 17.2. The molecule has 1 aromatic carbocycles. The first-order valence-corrected chi connectivity index (χ1v) is 9.58. The normalized spacial score (nSPS) is 18.4. The van der Waals surface area contributed by atoms with E-state index in [1.807, 2.05) is 12.1 Å². The van der Waals surface area contributed by atoms with E-state index >= 15 is 0 Å². The van der Waals surface area contributed by atoms with Gasteiger partial charge in [0, 0.05) is 21.5 Å². The summed E-state index contributed by atoms with van der Waals surface area (Å²) in [6.45, 7) is 2.11. The van der Waals surface area contributed by atoms with Gasteiger partial charge in [0.1, 0.15) is 0 Å². The van der Waals surface area contributed by atoms with Crippen LogP contribution in [0.2, 0.25) is 0 Å². The van der Waals surface area contributed by atoms with Gasteiger partial charge in [-0.3, -0.25) is 4.98 Å². The second kappa shape index (κ2) is 6.29. The van der Waals surface area contributed by atoms with Crippen LogP contribution in [-0.2, 0) is 5.54 Å². The molecule has 26 heavy (non-hydrogen) atoms. The maximum Gasteiger partial charge on any atom is 0.259 e. The number of pyridine rings is 1. The zero-order valence-electron chi connectivity index (χ0n) is 14.5. The fraction of sp³-hybridized carbons (Fsp3) is 0.421. The molecule has 5 rings (SSSR count). The topological polar surface area (TPSA) is 77.8 Å². The minimum Gasteiger partial charge on any atom is -0.334 e. The van der Waals surface area contributed by atoms with Crippen molar-refractivity contribution in [2.75, 3.05) is 0 Å². The molecule has 2 heterocycles. The summed E-state index contributed by atoms with van der Waals surface area (Å²) in [6.07, 6.45) is 5.37. The highest BCUT2D eigenvalue weighted by atomic mass is 79.9. The molecule has 2 N–H and O–H groups in total. The largest absolute Gasteiger partial charge is 0.334 e. The molecule has 2 fully saturated rings. The predicted octanol–water partition coefficient (Wildman–Crippen LogP) is 4.99. The van der Waals surface area contributed by atoms with Crippen LogP contribution in [0.4, 0.5) is 0 Å². The first kappa shape index (κ1) is 17.9. The molecule has 0 amide bonds. The lowest BCUT2D eigenvalue weighted by atomic mass is 9.77. The van der Waals surface area contributed by atoms with Gasteiger partial charge in [0.05, 0.1) is 16.6 Å². The van der Waals surface area contributed by atoms with Gasteiger partial charge in [-0.25, -0.2) is 0 Å². The Balaban J connectivity index is 0.00000168. The van der Waals surface area contributed by atoms with Gasteiger partial charge in [0.2, 0.25) is 0 Å². The number of nitrogens with zero attached hydrogens (tertiary/aromatic N) is 3. The number of fused-ring (bicyclic) bond motifs is 1. The van der Waals surface area contributed by atoms with E-state index in [4.69, 9.17) is 15.2 Å². The molecule has 0 radical (unpaired) electrons. The van der Waals surface area contributed by atoms with Crippen LogP contribution in [0, 0.1) is 6.92 Å². The van der Waals surface area contributed by atoms with Crippen LogP contribution in [0.5, 0.6) is 0 Å². The van der Waals surface area contributed by atoms with Crippen molar-refractivity contribution < 1.29 is 4.52 Å². The van der Waals surface area contributed by atoms with Crippen molar-refractivity contribution in [3.63, 3.8) is 0 Å². The highest BCUT2D eigenvalue weighted by molar-refractivity contribution is 9.10. The lowest BCUT2D eigenvalue weighted by Crippen LogP contribution is -2.44. The average molecular weight is 436 g/mol. The van der Waals surface area contributed by atoms with Crippen molar-refractivity contribution in [2.45, 2.75) is 50.5 Å². The lowest BCUT2D eigenvalue weighted by molar-refractivity contribution is 0.229. The lowest BCUT2D eigenvalue weighted by Gasteiger charge is -2.34. The zero-order valence-corrected chi connectivity index (χ0v) is 16.9. The molecular formula is C19H20BrClN4O. The van der Waals surface area contributed by atoms with Crippen LogP contribution >= 0.6 is 28.3 Å². The van der Waals surface area contributed by atoms with E-state index in [9.17, 15) is 0 Å². The summed E-state index contributed by atoms with van der Waals surface area (Å²) in [5.41, 5.74) is 10.2. The number of rotatable bonds is 3. The Morgan fingerprint density at radius 2 is 2.00 bits per heavy atom. The second-order valence-corrected chi connectivity index (χ2v) is 8.28. The van der Waals surface area contributed by atoms with Crippen LogP contribution in [-0.4, -0.2) is 15.1 Å². The van der Waals surface area contributed by atoms with Gasteiger partial charge in [-0.15, -0.1) is 12.4 Å². The Hall–Kier alpha value is -1.50. The Morgan fingerprint density at radius 1 is 1.23 bits per heavy atom. The Kier molecular flexibility index (Phi) is 4.33. The summed E-state index contributed by atoms with van der Waals surface area (Å²) in [5.74, 6) is 1.74. The van der Waals surface area contributed by atoms with Gasteiger partial charge in [-0.1, -0.05) is 21.1 Å². The highest BCUT2D eigenvalue weighted by Gasteiger charge is 2.39. The number of nitrogens with two attached hydrogens (primary N) is 1. The summed E-state index contributed by atoms with van der Waals surface area (Å²) >= 11 is 3.57. The highest BCUT2D eigenvalue weighted by Crippen LogP contribution is 2.45. The van der Waals surface area contributed by atoms with E-state index in [0.717, 1.165) is 51.5 Å². The van der Waals surface area contributed by atoms with Crippen LogP contribution in [0.25, 0.3) is 22.4 Å². The van der Waals surface area contributed by atoms with Crippen molar-refractivity contribution in [3.05, 3.63) is 39.8 Å². The van der Waals surface area contributed by atoms with Gasteiger partial charge < -0.3 is 10.3 Å². The van der Waals surface area contributed by atoms with E-state index in [2.05, 4.69) is 39.1 Å². The van der Waals surface area contributed by atoms with Gasteiger partial charge in [-0.2, -0.15) is 4.98 Å². The van der Waals surface area contributed by atoms with E-state index in [1.165, 1.54) is 12.8 Å². The molecule has 3 aromatic rings. The number of hydrogen-bond donors (Lipinski definition) is 1. The van der Waals surface area contributed by atoms with Crippen molar-refractivity contribution in [2.24, 2.45) is 5.73 Å². The van der Waals surface area contributed by atoms with Gasteiger partial charge in [0.15, 0.2) is 5.82 Å². The molecule has 5 nitrogen and oxygen atoms in total. The first-order chi connectivity index (χ1) is 12.0. The van der Waals surface area contributed by atoms with Crippen LogP contribution in [0.1, 0.15) is 55.1 Å². The standard InChI is InChI=1S/C19H19BrN4O.ClH/c1-10-15(17-23-18(24-25-17)19(21)7-2-8-19)13-9-12(20)5-6-14(13)22-16(10)11-3-4-11;/h5-6,9,11H,2-4,7-8,21H2,1H3;1H. The van der Waals surface area contributed by atoms with Crippen molar-refractivity contribution in [1.82, 2.24) is 15.1 Å². The molecule has 0 spiro atoms. The molecule has 2 saturated carbocycles. The molecular weight excluding hydrogens is 416 g/mol. The SMILES string of the molecule is Cc1c(C2CC2)nc2ccc(Br)cc2c1-c1nc(C2(N)CCC2)no1.Cl. The van der Waals surface area contributed by atoms with E-state index in [-0.39, 0.29) is 12.4 Å². The summed E-state index contributed by atoms with van der Waals surface area (Å²) in [7, 11) is 0.